The van der Waals surface area contributed by atoms with Gasteiger partial charge in [-0.1, -0.05) is 0 Å². The van der Waals surface area contributed by atoms with E-state index in [-0.39, 0.29) is 17.7 Å². The number of aliphatic hydroxyl groups is 2. The number of rotatable bonds is 4. The summed E-state index contributed by atoms with van der Waals surface area (Å²) in [4.78, 5) is 23.8. The van der Waals surface area contributed by atoms with E-state index in [0.29, 0.717) is 23.3 Å². The molecule has 2 aliphatic carbocycles. The molecule has 3 aromatic heterocycles. The third kappa shape index (κ3) is 3.15. The third-order valence-corrected chi connectivity index (χ3v) is 7.59. The van der Waals surface area contributed by atoms with Crippen molar-refractivity contribution >= 4 is 34.0 Å². The van der Waals surface area contributed by atoms with Crippen molar-refractivity contribution in [3.05, 3.63) is 40.0 Å². The first-order valence-corrected chi connectivity index (χ1v) is 11.6. The Labute approximate surface area is 190 Å². The summed E-state index contributed by atoms with van der Waals surface area (Å²) in [7, 11) is 0. The minimum atomic E-state index is -1.08. The van der Waals surface area contributed by atoms with E-state index >= 15 is 0 Å². The molecule has 3 aromatic rings. The maximum atomic E-state index is 12.3. The van der Waals surface area contributed by atoms with Gasteiger partial charge in [0.2, 0.25) is 0 Å². The zero-order chi connectivity index (χ0) is 22.8. The summed E-state index contributed by atoms with van der Waals surface area (Å²) in [5.41, 5.74) is 1.82. The highest BCUT2D eigenvalue weighted by Gasteiger charge is 2.74. The van der Waals surface area contributed by atoms with E-state index in [4.69, 9.17) is 4.98 Å². The number of pyridine rings is 1. The van der Waals surface area contributed by atoms with Crippen LogP contribution >= 0.6 is 11.3 Å². The first-order valence-electron chi connectivity index (χ1n) is 10.8. The number of Topliss-reactive ketones (excluding diaryl/α,β-unsaturated/α-hetero) is 1. The molecule has 0 spiro atoms. The molecule has 3 N–H and O–H groups in total. The van der Waals surface area contributed by atoms with Crippen molar-refractivity contribution in [3.63, 3.8) is 0 Å². The summed E-state index contributed by atoms with van der Waals surface area (Å²) in [6.45, 7) is 7.63. The second-order valence-corrected chi connectivity index (χ2v) is 10.5. The quantitative estimate of drug-likeness (QED) is 0.529. The molecule has 0 radical (unpaired) electrons. The van der Waals surface area contributed by atoms with Gasteiger partial charge in [0, 0.05) is 10.9 Å². The molecule has 2 unspecified atom stereocenters. The maximum Gasteiger partial charge on any atom is 0.163 e. The summed E-state index contributed by atoms with van der Waals surface area (Å²) >= 11 is 1.63. The molecule has 32 heavy (non-hydrogen) atoms. The molecular formula is C24H26N4O3S. The topological polar surface area (TPSA) is 100 Å². The molecule has 5 atom stereocenters. The third-order valence-electron chi connectivity index (χ3n) is 6.68. The normalized spacial score (nSPS) is 28.5. The Kier molecular flexibility index (Phi) is 4.89. The molecule has 166 valence electrons. The SMILES string of the molecule is CC(=O)[C@]12CC1[C@@H](n1cnc3c(NC(C)C)cc(C#Cc4ccc(C)s4)nc31)[C@H](O)C2O. The van der Waals surface area contributed by atoms with Gasteiger partial charge in [-0.25, -0.2) is 9.97 Å². The van der Waals surface area contributed by atoms with Crippen molar-refractivity contribution in [2.45, 2.75) is 58.4 Å². The standard InChI is InChI=1S/C24H26N4O3S/c1-12(2)26-18-9-15(6-8-16-7-5-13(3)32-16)27-23-19(18)25-11-28(23)20-17-10-24(17,14(4)29)22(31)21(20)30/h5,7,9,11-12,17,20-22,30-31H,10H2,1-4H3,(H,26,27)/t17?,20-,21+,22?,24-/m1/s1. The number of aromatic nitrogens is 3. The van der Waals surface area contributed by atoms with E-state index in [0.717, 1.165) is 10.6 Å². The number of nitrogens with one attached hydrogen (secondary N) is 1. The zero-order valence-electron chi connectivity index (χ0n) is 18.5. The number of aryl methyl sites for hydroxylation is 1. The van der Waals surface area contributed by atoms with Crippen LogP contribution in [0.1, 0.15) is 48.7 Å². The average molecular weight is 451 g/mol. The van der Waals surface area contributed by atoms with Crippen LogP contribution in [0.15, 0.2) is 24.5 Å². The van der Waals surface area contributed by atoms with Gasteiger partial charge in [-0.3, -0.25) is 4.79 Å². The van der Waals surface area contributed by atoms with Gasteiger partial charge in [-0.15, -0.1) is 11.3 Å². The number of carbonyl (C=O) groups excluding carboxylic acids is 1. The summed E-state index contributed by atoms with van der Waals surface area (Å²) in [5, 5.41) is 24.9. The van der Waals surface area contributed by atoms with Crippen LogP contribution in [0.4, 0.5) is 5.69 Å². The Hall–Kier alpha value is -2.73. The lowest BCUT2D eigenvalue weighted by Gasteiger charge is -2.23. The number of hydrogen-bond donors (Lipinski definition) is 3. The highest BCUT2D eigenvalue weighted by Crippen LogP contribution is 2.68. The smallest absolute Gasteiger partial charge is 0.163 e. The lowest BCUT2D eigenvalue weighted by atomic mass is 9.95. The molecule has 0 aromatic carbocycles. The number of anilines is 1. The monoisotopic (exact) mass is 450 g/mol. The molecule has 0 aliphatic heterocycles. The van der Waals surface area contributed by atoms with Gasteiger partial charge in [0.05, 0.1) is 34.5 Å². The molecule has 7 nitrogen and oxygen atoms in total. The van der Waals surface area contributed by atoms with Gasteiger partial charge in [0.25, 0.3) is 0 Å². The van der Waals surface area contributed by atoms with E-state index < -0.39 is 23.7 Å². The van der Waals surface area contributed by atoms with Crippen molar-refractivity contribution in [2.75, 3.05) is 5.32 Å². The van der Waals surface area contributed by atoms with Gasteiger partial charge < -0.3 is 20.1 Å². The molecule has 8 heteroatoms. The summed E-state index contributed by atoms with van der Waals surface area (Å²) in [5.74, 6) is 6.13. The fourth-order valence-electron chi connectivity index (χ4n) is 5.11. The van der Waals surface area contributed by atoms with Crippen molar-refractivity contribution in [1.82, 2.24) is 14.5 Å². The second kappa shape index (κ2) is 7.41. The summed E-state index contributed by atoms with van der Waals surface area (Å²) in [6, 6.07) is 5.65. The van der Waals surface area contributed by atoms with Crippen molar-refractivity contribution < 1.29 is 15.0 Å². The van der Waals surface area contributed by atoms with Gasteiger partial charge in [0.1, 0.15) is 23.1 Å². The Bertz CT molecular complexity index is 1280. The van der Waals surface area contributed by atoms with Crippen molar-refractivity contribution in [2.24, 2.45) is 11.3 Å². The van der Waals surface area contributed by atoms with Gasteiger partial charge in [-0.05, 0) is 70.1 Å². The van der Waals surface area contributed by atoms with Crippen LogP contribution in [-0.2, 0) is 4.79 Å². The number of fused-ring (bicyclic) bond motifs is 2. The highest BCUT2D eigenvalue weighted by atomic mass is 32.1. The first-order chi connectivity index (χ1) is 15.2. The Morgan fingerprint density at radius 1 is 1.34 bits per heavy atom. The number of carbonyl (C=O) groups is 1. The number of aliphatic hydroxyl groups excluding tert-OH is 2. The molecule has 0 saturated heterocycles. The predicted octanol–water partition coefficient (Wildman–Crippen LogP) is 2.89. The van der Waals surface area contributed by atoms with Crippen LogP contribution < -0.4 is 5.32 Å². The van der Waals surface area contributed by atoms with Crippen LogP contribution in [0.3, 0.4) is 0 Å². The van der Waals surface area contributed by atoms with E-state index in [2.05, 4.69) is 22.1 Å². The zero-order valence-corrected chi connectivity index (χ0v) is 19.3. The van der Waals surface area contributed by atoms with Gasteiger partial charge in [0.15, 0.2) is 5.65 Å². The van der Waals surface area contributed by atoms with Crippen LogP contribution in [0.5, 0.6) is 0 Å². The largest absolute Gasteiger partial charge is 0.389 e. The molecule has 2 saturated carbocycles. The molecule has 0 amide bonds. The van der Waals surface area contributed by atoms with E-state index in [9.17, 15) is 15.0 Å². The number of ketones is 1. The van der Waals surface area contributed by atoms with Crippen molar-refractivity contribution in [1.29, 1.82) is 0 Å². The summed E-state index contributed by atoms with van der Waals surface area (Å²) < 4.78 is 1.82. The van der Waals surface area contributed by atoms with Crippen LogP contribution in [0.25, 0.3) is 11.2 Å². The van der Waals surface area contributed by atoms with Crippen LogP contribution in [0, 0.1) is 30.1 Å². The average Bonchev–Trinajstić information content (AvgIpc) is 2.98. The maximum absolute atomic E-state index is 12.3. The molecule has 0 bridgehead atoms. The van der Waals surface area contributed by atoms with Gasteiger partial charge >= 0.3 is 0 Å². The Balaban J connectivity index is 1.61. The number of thiophene rings is 1. The first kappa shape index (κ1) is 21.1. The predicted molar refractivity (Wildman–Crippen MR) is 124 cm³/mol. The molecule has 2 fully saturated rings. The van der Waals surface area contributed by atoms with Gasteiger partial charge in [-0.2, -0.15) is 0 Å². The fraction of sp³-hybridized carbons (Fsp3) is 0.458. The lowest BCUT2D eigenvalue weighted by molar-refractivity contribution is -0.128. The Morgan fingerprint density at radius 2 is 2.12 bits per heavy atom. The van der Waals surface area contributed by atoms with Crippen molar-refractivity contribution in [3.8, 4) is 11.8 Å². The van der Waals surface area contributed by atoms with E-state index in [1.165, 1.54) is 11.8 Å². The minimum absolute atomic E-state index is 0.0751. The molecular weight excluding hydrogens is 424 g/mol. The molecule has 5 rings (SSSR count). The number of hydrogen-bond acceptors (Lipinski definition) is 7. The second-order valence-electron chi connectivity index (χ2n) is 9.17. The number of imidazole rings is 1. The minimum Gasteiger partial charge on any atom is -0.389 e. The lowest BCUT2D eigenvalue weighted by Crippen LogP contribution is -2.36. The fourth-order valence-corrected chi connectivity index (χ4v) is 5.83. The number of nitrogens with zero attached hydrogens (tertiary/aromatic N) is 3. The summed E-state index contributed by atoms with van der Waals surface area (Å²) in [6.07, 6.45) is 0.0881. The molecule has 3 heterocycles. The Morgan fingerprint density at radius 3 is 2.75 bits per heavy atom. The van der Waals surface area contributed by atoms with E-state index in [1.54, 1.807) is 17.7 Å². The highest BCUT2D eigenvalue weighted by molar-refractivity contribution is 7.12. The molecule has 2 aliphatic rings. The van der Waals surface area contributed by atoms with Crippen LogP contribution in [-0.4, -0.2) is 48.8 Å². The van der Waals surface area contributed by atoms with Crippen LogP contribution in [0.2, 0.25) is 0 Å². The van der Waals surface area contributed by atoms with E-state index in [1.807, 2.05) is 43.5 Å².